The summed E-state index contributed by atoms with van der Waals surface area (Å²) in [5.41, 5.74) is 1.31. The van der Waals surface area contributed by atoms with Crippen molar-refractivity contribution < 1.29 is 13.2 Å². The van der Waals surface area contributed by atoms with Crippen molar-refractivity contribution in [3.8, 4) is 5.75 Å². The molecule has 1 atom stereocenters. The van der Waals surface area contributed by atoms with Crippen molar-refractivity contribution in [3.05, 3.63) is 88.4 Å². The van der Waals surface area contributed by atoms with Crippen molar-refractivity contribution in [3.63, 3.8) is 0 Å². The van der Waals surface area contributed by atoms with Crippen LogP contribution in [-0.2, 0) is 10.0 Å². The lowest BCUT2D eigenvalue weighted by Crippen LogP contribution is -2.33. The summed E-state index contributed by atoms with van der Waals surface area (Å²) in [6.07, 6.45) is 0. The minimum atomic E-state index is -3.86. The molecule has 0 bridgehead atoms. The van der Waals surface area contributed by atoms with Crippen molar-refractivity contribution in [1.82, 2.24) is 0 Å². The van der Waals surface area contributed by atoms with E-state index in [-0.39, 0.29) is 4.90 Å². The van der Waals surface area contributed by atoms with Crippen molar-refractivity contribution in [1.29, 1.82) is 0 Å². The van der Waals surface area contributed by atoms with Crippen molar-refractivity contribution in [2.75, 3.05) is 11.4 Å². The number of anilines is 1. The highest BCUT2D eigenvalue weighted by Gasteiger charge is 2.30. The number of sulfonamides is 1. The van der Waals surface area contributed by atoms with E-state index in [1.807, 2.05) is 31.2 Å². The van der Waals surface area contributed by atoms with Gasteiger partial charge in [0.05, 0.1) is 23.7 Å². The predicted octanol–water partition coefficient (Wildman–Crippen LogP) is 5.96. The van der Waals surface area contributed by atoms with Gasteiger partial charge in [-0.3, -0.25) is 4.31 Å². The van der Waals surface area contributed by atoms with Gasteiger partial charge in [0.25, 0.3) is 10.0 Å². The van der Waals surface area contributed by atoms with Crippen LogP contribution in [0.15, 0.2) is 77.7 Å². The molecule has 1 unspecified atom stereocenters. The number of hydrogen-bond donors (Lipinski definition) is 0. The molecule has 0 heterocycles. The topological polar surface area (TPSA) is 46.6 Å². The first-order valence-corrected chi connectivity index (χ1v) is 10.7. The molecule has 0 fully saturated rings. The Morgan fingerprint density at radius 3 is 2.04 bits per heavy atom. The molecular formula is C21H19Cl2NO3S. The van der Waals surface area contributed by atoms with Crippen molar-refractivity contribution >= 4 is 38.9 Å². The molecule has 0 radical (unpaired) electrons. The first-order chi connectivity index (χ1) is 13.3. The molecule has 0 aliphatic carbocycles. The molecule has 0 aliphatic heterocycles. The normalized spacial score (nSPS) is 12.4. The quantitative estimate of drug-likeness (QED) is 0.479. The molecule has 0 spiro atoms. The fourth-order valence-corrected chi connectivity index (χ4v) is 4.81. The Morgan fingerprint density at radius 1 is 0.893 bits per heavy atom. The lowest BCUT2D eigenvalue weighted by atomic mass is 10.1. The minimum Gasteiger partial charge on any atom is -0.497 e. The van der Waals surface area contributed by atoms with Crippen LogP contribution in [0, 0.1) is 0 Å². The number of methoxy groups -OCH3 is 1. The maximum atomic E-state index is 13.5. The fourth-order valence-electron chi connectivity index (χ4n) is 2.92. The SMILES string of the molecule is COc1cccc(C(C)N(c2ccc(Cl)cc2)S(=O)(=O)c2ccc(Cl)cc2)c1. The van der Waals surface area contributed by atoms with E-state index in [1.165, 1.54) is 16.4 Å². The lowest BCUT2D eigenvalue weighted by Gasteiger charge is -2.31. The summed E-state index contributed by atoms with van der Waals surface area (Å²) in [6.45, 7) is 1.83. The van der Waals surface area contributed by atoms with E-state index in [1.54, 1.807) is 43.5 Å². The molecule has 0 aliphatic rings. The Balaban J connectivity index is 2.14. The van der Waals surface area contributed by atoms with Gasteiger partial charge >= 0.3 is 0 Å². The number of benzene rings is 3. The Kier molecular flexibility index (Phi) is 6.18. The zero-order valence-electron chi connectivity index (χ0n) is 15.3. The van der Waals surface area contributed by atoms with Gasteiger partial charge in [-0.2, -0.15) is 0 Å². The molecule has 0 aromatic heterocycles. The predicted molar refractivity (Wildman–Crippen MR) is 114 cm³/mol. The van der Waals surface area contributed by atoms with Gasteiger partial charge in [-0.25, -0.2) is 8.42 Å². The summed E-state index contributed by atoms with van der Waals surface area (Å²) in [5, 5.41) is 1.000. The van der Waals surface area contributed by atoms with Crippen LogP contribution in [0.2, 0.25) is 10.0 Å². The zero-order valence-corrected chi connectivity index (χ0v) is 17.7. The number of hydrogen-bond acceptors (Lipinski definition) is 3. The molecule has 3 rings (SSSR count). The molecule has 28 heavy (non-hydrogen) atoms. The summed E-state index contributed by atoms with van der Waals surface area (Å²) >= 11 is 11.9. The molecule has 146 valence electrons. The summed E-state index contributed by atoms with van der Waals surface area (Å²) < 4.78 is 33.7. The highest BCUT2D eigenvalue weighted by atomic mass is 35.5. The van der Waals surface area contributed by atoms with Gasteiger partial charge in [-0.05, 0) is 73.2 Å². The zero-order chi connectivity index (χ0) is 20.3. The molecule has 0 saturated heterocycles. The fraction of sp³-hybridized carbons (Fsp3) is 0.143. The second kappa shape index (κ2) is 8.43. The van der Waals surface area contributed by atoms with Gasteiger partial charge in [0.15, 0.2) is 0 Å². The van der Waals surface area contributed by atoms with Crippen LogP contribution in [0.3, 0.4) is 0 Å². The highest BCUT2D eigenvalue weighted by Crippen LogP contribution is 2.35. The second-order valence-corrected chi connectivity index (χ2v) is 8.87. The molecular weight excluding hydrogens is 417 g/mol. The van der Waals surface area contributed by atoms with E-state index in [9.17, 15) is 8.42 Å². The summed E-state index contributed by atoms with van der Waals surface area (Å²) in [6, 6.07) is 19.7. The molecule has 3 aromatic carbocycles. The maximum absolute atomic E-state index is 13.5. The molecule has 0 N–H and O–H groups in total. The summed E-state index contributed by atoms with van der Waals surface area (Å²) in [4.78, 5) is 0.154. The van der Waals surface area contributed by atoms with Crippen LogP contribution in [0.5, 0.6) is 5.75 Å². The average molecular weight is 436 g/mol. The van der Waals surface area contributed by atoms with Crippen LogP contribution in [-0.4, -0.2) is 15.5 Å². The maximum Gasteiger partial charge on any atom is 0.264 e. The smallest absolute Gasteiger partial charge is 0.264 e. The van der Waals surface area contributed by atoms with E-state index in [0.717, 1.165) is 5.56 Å². The molecule has 4 nitrogen and oxygen atoms in total. The summed E-state index contributed by atoms with van der Waals surface area (Å²) in [5.74, 6) is 0.657. The number of rotatable bonds is 6. The first kappa shape index (κ1) is 20.5. The van der Waals surface area contributed by atoms with Gasteiger partial charge in [0.1, 0.15) is 5.75 Å². The Morgan fingerprint density at radius 2 is 1.46 bits per heavy atom. The molecule has 0 amide bonds. The molecule has 7 heteroatoms. The van der Waals surface area contributed by atoms with Gasteiger partial charge in [0, 0.05) is 10.0 Å². The first-order valence-electron chi connectivity index (χ1n) is 8.52. The van der Waals surface area contributed by atoms with Gasteiger partial charge in [0.2, 0.25) is 0 Å². The van der Waals surface area contributed by atoms with E-state index < -0.39 is 16.1 Å². The Hall–Kier alpha value is -2.21. The van der Waals surface area contributed by atoms with Gasteiger partial charge < -0.3 is 4.74 Å². The number of nitrogens with zero attached hydrogens (tertiary/aromatic N) is 1. The Labute approximate surface area is 175 Å². The molecule has 0 saturated carbocycles. The van der Waals surface area contributed by atoms with Crippen molar-refractivity contribution in [2.45, 2.75) is 17.9 Å². The van der Waals surface area contributed by atoms with Crippen LogP contribution in [0.1, 0.15) is 18.5 Å². The van der Waals surface area contributed by atoms with E-state index in [2.05, 4.69) is 0 Å². The standard InChI is InChI=1S/C21H19Cl2NO3S/c1-15(16-4-3-5-20(14-16)27-2)24(19-10-6-17(22)7-11-19)28(25,26)21-12-8-18(23)9-13-21/h3-15H,1-2H3. The van der Waals surface area contributed by atoms with E-state index in [4.69, 9.17) is 27.9 Å². The van der Waals surface area contributed by atoms with Crippen LogP contribution in [0.4, 0.5) is 5.69 Å². The third-order valence-corrected chi connectivity index (χ3v) is 6.80. The largest absolute Gasteiger partial charge is 0.497 e. The second-order valence-electron chi connectivity index (χ2n) is 6.18. The monoisotopic (exact) mass is 435 g/mol. The van der Waals surface area contributed by atoms with Crippen LogP contribution < -0.4 is 9.04 Å². The third kappa shape index (κ3) is 4.27. The summed E-state index contributed by atoms with van der Waals surface area (Å²) in [7, 11) is -2.29. The number of ether oxygens (including phenoxy) is 1. The van der Waals surface area contributed by atoms with Crippen molar-refractivity contribution in [2.24, 2.45) is 0 Å². The average Bonchev–Trinajstić information content (AvgIpc) is 2.70. The van der Waals surface area contributed by atoms with Gasteiger partial charge in [-0.15, -0.1) is 0 Å². The minimum absolute atomic E-state index is 0.154. The third-order valence-electron chi connectivity index (χ3n) is 4.38. The van der Waals surface area contributed by atoms with E-state index in [0.29, 0.717) is 21.5 Å². The van der Waals surface area contributed by atoms with E-state index >= 15 is 0 Å². The Bertz CT molecular complexity index is 1050. The van der Waals surface area contributed by atoms with Gasteiger partial charge in [-0.1, -0.05) is 35.3 Å². The molecule has 3 aromatic rings. The number of halogens is 2. The van der Waals surface area contributed by atoms with Crippen LogP contribution >= 0.6 is 23.2 Å². The lowest BCUT2D eigenvalue weighted by molar-refractivity contribution is 0.414. The van der Waals surface area contributed by atoms with Crippen LogP contribution in [0.25, 0.3) is 0 Å². The highest BCUT2D eigenvalue weighted by molar-refractivity contribution is 7.92.